The van der Waals surface area contributed by atoms with Gasteiger partial charge in [0.2, 0.25) is 0 Å². The first-order chi connectivity index (χ1) is 14.1. The topological polar surface area (TPSA) is 35.6 Å². The van der Waals surface area contributed by atoms with E-state index in [4.69, 9.17) is 9.97 Å². The number of hydrogen-bond donors (Lipinski definition) is 0. The molecule has 0 spiro atoms. The lowest BCUT2D eigenvalue weighted by Crippen LogP contribution is -1.96. The molecule has 2 aromatic heterocycles. The fraction of sp³-hybridized carbons (Fsp3) is 0.200. The predicted octanol–water partition coefficient (Wildman–Crippen LogP) is 5.66. The second kappa shape index (κ2) is 6.59. The van der Waals surface area contributed by atoms with Gasteiger partial charge in [0.25, 0.3) is 0 Å². The first-order valence-electron chi connectivity index (χ1n) is 10.0. The van der Waals surface area contributed by atoms with Crippen LogP contribution in [0.4, 0.5) is 0 Å². The summed E-state index contributed by atoms with van der Waals surface area (Å²) in [5, 5.41) is 0. The Labute approximate surface area is 170 Å². The molecule has 3 aromatic carbocycles. The van der Waals surface area contributed by atoms with E-state index < -0.39 is 0 Å². The largest absolute Gasteiger partial charge is 0.331 e. The van der Waals surface area contributed by atoms with Gasteiger partial charge in [0, 0.05) is 31.6 Å². The molecule has 0 bridgehead atoms. The van der Waals surface area contributed by atoms with E-state index in [1.807, 2.05) is 6.07 Å². The Morgan fingerprint density at radius 1 is 0.793 bits per heavy atom. The number of benzene rings is 3. The molecule has 5 rings (SSSR count). The summed E-state index contributed by atoms with van der Waals surface area (Å²) in [4.78, 5) is 9.72. The summed E-state index contributed by atoms with van der Waals surface area (Å²) in [5.74, 6) is 2.10. The van der Waals surface area contributed by atoms with Gasteiger partial charge in [-0.2, -0.15) is 0 Å². The second-order valence-electron chi connectivity index (χ2n) is 7.68. The van der Waals surface area contributed by atoms with Crippen molar-refractivity contribution in [3.05, 3.63) is 72.1 Å². The number of imidazole rings is 2. The molecular formula is C25H24N4. The Morgan fingerprint density at radius 2 is 1.59 bits per heavy atom. The Balaban J connectivity index is 1.78. The Hall–Kier alpha value is -3.40. The molecule has 0 aliphatic carbocycles. The van der Waals surface area contributed by atoms with Crippen LogP contribution < -0.4 is 0 Å². The minimum Gasteiger partial charge on any atom is -0.331 e. The lowest BCUT2D eigenvalue weighted by molar-refractivity contribution is 0.829. The lowest BCUT2D eigenvalue weighted by atomic mass is 10.0. The first kappa shape index (κ1) is 17.7. The van der Waals surface area contributed by atoms with E-state index in [2.05, 4.69) is 91.7 Å². The smallest absolute Gasteiger partial charge is 0.140 e. The van der Waals surface area contributed by atoms with Gasteiger partial charge in [-0.05, 0) is 42.3 Å². The van der Waals surface area contributed by atoms with Gasteiger partial charge < -0.3 is 9.13 Å². The number of hydrogen-bond acceptors (Lipinski definition) is 2. The number of nitrogens with zero attached hydrogens (tertiary/aromatic N) is 4. The van der Waals surface area contributed by atoms with Crippen molar-refractivity contribution < 1.29 is 0 Å². The average molecular weight is 380 g/mol. The molecule has 4 heteroatoms. The van der Waals surface area contributed by atoms with Crippen molar-refractivity contribution in [3.63, 3.8) is 0 Å². The van der Waals surface area contributed by atoms with Crippen LogP contribution in [0.25, 0.3) is 44.6 Å². The molecule has 29 heavy (non-hydrogen) atoms. The Kier molecular flexibility index (Phi) is 4.02. The predicted molar refractivity (Wildman–Crippen MR) is 120 cm³/mol. The summed E-state index contributed by atoms with van der Waals surface area (Å²) in [6.07, 6.45) is 0.928. The molecule has 0 amide bonds. The minimum atomic E-state index is 0.928. The standard InChI is InChI=1S/C25H24N4/c1-5-23-26-20-12-11-18(15-22(20)28(23)3)19-13-16(2)14-21-24(19)29(4)25(27-21)17-9-7-6-8-10-17/h6-15H,5H2,1-4H3. The van der Waals surface area contributed by atoms with Gasteiger partial charge in [-0.25, -0.2) is 9.97 Å². The number of aromatic nitrogens is 4. The molecule has 0 fully saturated rings. The number of rotatable bonds is 3. The van der Waals surface area contributed by atoms with Crippen LogP contribution in [0.2, 0.25) is 0 Å². The molecule has 0 N–H and O–H groups in total. The molecule has 144 valence electrons. The fourth-order valence-corrected chi connectivity index (χ4v) is 4.28. The maximum atomic E-state index is 4.97. The maximum Gasteiger partial charge on any atom is 0.140 e. The van der Waals surface area contributed by atoms with Gasteiger partial charge >= 0.3 is 0 Å². The fourth-order valence-electron chi connectivity index (χ4n) is 4.28. The van der Waals surface area contributed by atoms with Crippen LogP contribution in [0.1, 0.15) is 18.3 Å². The van der Waals surface area contributed by atoms with Gasteiger partial charge in [0.05, 0.1) is 22.1 Å². The van der Waals surface area contributed by atoms with Gasteiger partial charge in [-0.1, -0.05) is 43.3 Å². The van der Waals surface area contributed by atoms with E-state index in [-0.39, 0.29) is 0 Å². The highest BCUT2D eigenvalue weighted by Gasteiger charge is 2.16. The van der Waals surface area contributed by atoms with Crippen molar-refractivity contribution >= 4 is 22.1 Å². The van der Waals surface area contributed by atoms with Gasteiger partial charge in [0.15, 0.2) is 0 Å². The first-order valence-corrected chi connectivity index (χ1v) is 10.0. The monoisotopic (exact) mass is 380 g/mol. The second-order valence-corrected chi connectivity index (χ2v) is 7.68. The molecule has 2 heterocycles. The molecular weight excluding hydrogens is 356 g/mol. The van der Waals surface area contributed by atoms with Crippen molar-refractivity contribution in [3.8, 4) is 22.5 Å². The van der Waals surface area contributed by atoms with Crippen LogP contribution >= 0.6 is 0 Å². The van der Waals surface area contributed by atoms with Gasteiger partial charge in [0.1, 0.15) is 11.6 Å². The summed E-state index contributed by atoms with van der Waals surface area (Å²) >= 11 is 0. The van der Waals surface area contributed by atoms with Crippen molar-refractivity contribution in [2.75, 3.05) is 0 Å². The van der Waals surface area contributed by atoms with Crippen molar-refractivity contribution in [2.24, 2.45) is 14.1 Å². The summed E-state index contributed by atoms with van der Waals surface area (Å²) in [6.45, 7) is 4.28. The van der Waals surface area contributed by atoms with E-state index in [1.165, 1.54) is 22.2 Å². The highest BCUT2D eigenvalue weighted by Crippen LogP contribution is 2.34. The van der Waals surface area contributed by atoms with Crippen molar-refractivity contribution in [2.45, 2.75) is 20.3 Å². The Morgan fingerprint density at radius 3 is 2.34 bits per heavy atom. The minimum absolute atomic E-state index is 0.928. The van der Waals surface area contributed by atoms with Crippen LogP contribution in [0.3, 0.4) is 0 Å². The molecule has 4 nitrogen and oxygen atoms in total. The zero-order chi connectivity index (χ0) is 20.1. The molecule has 0 radical (unpaired) electrons. The van der Waals surface area contributed by atoms with Crippen LogP contribution in [-0.2, 0) is 20.5 Å². The molecule has 5 aromatic rings. The highest BCUT2D eigenvalue weighted by molar-refractivity contribution is 5.97. The van der Waals surface area contributed by atoms with Crippen LogP contribution in [0.15, 0.2) is 60.7 Å². The van der Waals surface area contributed by atoms with E-state index in [0.717, 1.165) is 40.2 Å². The summed E-state index contributed by atoms with van der Waals surface area (Å²) in [7, 11) is 4.20. The zero-order valence-corrected chi connectivity index (χ0v) is 17.3. The van der Waals surface area contributed by atoms with E-state index in [9.17, 15) is 0 Å². The average Bonchev–Trinajstić information content (AvgIpc) is 3.24. The zero-order valence-electron chi connectivity index (χ0n) is 17.3. The van der Waals surface area contributed by atoms with Crippen LogP contribution in [0.5, 0.6) is 0 Å². The van der Waals surface area contributed by atoms with Gasteiger partial charge in [-0.3, -0.25) is 0 Å². The summed E-state index contributed by atoms with van der Waals surface area (Å²) in [5.41, 5.74) is 9.14. The van der Waals surface area contributed by atoms with Crippen molar-refractivity contribution in [1.29, 1.82) is 0 Å². The third-order valence-corrected chi connectivity index (χ3v) is 5.75. The number of aryl methyl sites for hydroxylation is 4. The SMILES string of the molecule is CCc1nc2ccc(-c3cc(C)cc4nc(-c5ccccc5)n(C)c34)cc2n1C. The van der Waals surface area contributed by atoms with E-state index in [1.54, 1.807) is 0 Å². The third-order valence-electron chi connectivity index (χ3n) is 5.75. The quantitative estimate of drug-likeness (QED) is 0.404. The molecule has 0 aliphatic rings. The normalized spacial score (nSPS) is 11.6. The van der Waals surface area contributed by atoms with Crippen LogP contribution in [-0.4, -0.2) is 19.1 Å². The Bertz CT molecular complexity index is 1360. The van der Waals surface area contributed by atoms with E-state index in [0.29, 0.717) is 0 Å². The van der Waals surface area contributed by atoms with Crippen LogP contribution in [0, 0.1) is 6.92 Å². The molecule has 0 unspecified atom stereocenters. The number of fused-ring (bicyclic) bond motifs is 2. The molecule has 0 aliphatic heterocycles. The summed E-state index contributed by atoms with van der Waals surface area (Å²) < 4.78 is 4.41. The van der Waals surface area contributed by atoms with E-state index >= 15 is 0 Å². The lowest BCUT2D eigenvalue weighted by Gasteiger charge is -2.09. The molecule has 0 atom stereocenters. The van der Waals surface area contributed by atoms with Crippen molar-refractivity contribution in [1.82, 2.24) is 19.1 Å². The molecule has 0 saturated heterocycles. The van der Waals surface area contributed by atoms with Gasteiger partial charge in [-0.15, -0.1) is 0 Å². The highest BCUT2D eigenvalue weighted by atomic mass is 15.1. The third kappa shape index (κ3) is 2.75. The molecule has 0 saturated carbocycles. The maximum absolute atomic E-state index is 4.97. The summed E-state index contributed by atoms with van der Waals surface area (Å²) in [6, 6.07) is 21.4.